The van der Waals surface area contributed by atoms with E-state index in [0.717, 1.165) is 35.6 Å². The van der Waals surface area contributed by atoms with Crippen LogP contribution in [0.15, 0.2) is 34.9 Å². The van der Waals surface area contributed by atoms with E-state index in [0.29, 0.717) is 5.22 Å². The van der Waals surface area contributed by atoms with Crippen molar-refractivity contribution in [2.24, 2.45) is 0 Å². The lowest BCUT2D eigenvalue weighted by Gasteiger charge is -2.21. The van der Waals surface area contributed by atoms with Crippen molar-refractivity contribution in [1.29, 1.82) is 0 Å². The zero-order valence-corrected chi connectivity index (χ0v) is 13.2. The molecule has 0 radical (unpaired) electrons. The third kappa shape index (κ3) is 3.52. The first-order chi connectivity index (χ1) is 10.2. The van der Waals surface area contributed by atoms with E-state index in [-0.39, 0.29) is 6.04 Å². The van der Waals surface area contributed by atoms with Gasteiger partial charge in [-0.2, -0.15) is 0 Å². The molecule has 114 valence electrons. The highest BCUT2D eigenvalue weighted by atomic mass is 35.5. The predicted octanol–water partition coefficient (Wildman–Crippen LogP) is 4.04. The molecule has 0 spiro atoms. The number of nitrogens with one attached hydrogen (secondary N) is 1. The molecular formula is C16H20ClNO3. The minimum Gasteiger partial charge on any atom is -0.497 e. The third-order valence-corrected chi connectivity index (χ3v) is 3.61. The van der Waals surface area contributed by atoms with Crippen LogP contribution >= 0.6 is 11.6 Å². The fourth-order valence-corrected chi connectivity index (χ4v) is 2.47. The van der Waals surface area contributed by atoms with Crippen molar-refractivity contribution in [3.63, 3.8) is 0 Å². The van der Waals surface area contributed by atoms with Gasteiger partial charge < -0.3 is 19.2 Å². The van der Waals surface area contributed by atoms with Crippen molar-refractivity contribution < 1.29 is 13.9 Å². The second-order valence-electron chi connectivity index (χ2n) is 4.64. The normalized spacial score (nSPS) is 12.2. The lowest BCUT2D eigenvalue weighted by atomic mass is 9.99. The molecule has 1 heterocycles. The fraction of sp³-hybridized carbons (Fsp3) is 0.375. The zero-order chi connectivity index (χ0) is 15.2. The maximum atomic E-state index is 6.15. The average molecular weight is 310 g/mol. The monoisotopic (exact) mass is 309 g/mol. The Balaban J connectivity index is 2.47. The van der Waals surface area contributed by atoms with Crippen LogP contribution in [0.3, 0.4) is 0 Å². The summed E-state index contributed by atoms with van der Waals surface area (Å²) in [6.07, 6.45) is 2.60. The lowest BCUT2D eigenvalue weighted by Crippen LogP contribution is -2.23. The largest absolute Gasteiger partial charge is 0.497 e. The lowest BCUT2D eigenvalue weighted by molar-refractivity contribution is 0.393. The molecule has 4 nitrogen and oxygen atoms in total. The van der Waals surface area contributed by atoms with E-state index in [1.165, 1.54) is 0 Å². The first kappa shape index (κ1) is 15.7. The van der Waals surface area contributed by atoms with Crippen LogP contribution in [0.4, 0.5) is 0 Å². The molecule has 1 atom stereocenters. The van der Waals surface area contributed by atoms with Crippen molar-refractivity contribution in [2.45, 2.75) is 19.4 Å². The molecule has 0 amide bonds. The highest BCUT2D eigenvalue weighted by Gasteiger charge is 2.22. The number of hydrogen-bond acceptors (Lipinski definition) is 4. The van der Waals surface area contributed by atoms with E-state index in [9.17, 15) is 0 Å². The summed E-state index contributed by atoms with van der Waals surface area (Å²) in [4.78, 5) is 0. The number of benzene rings is 1. The molecular weight excluding hydrogens is 290 g/mol. The summed E-state index contributed by atoms with van der Waals surface area (Å²) in [6, 6.07) is 7.48. The summed E-state index contributed by atoms with van der Waals surface area (Å²) < 4.78 is 16.0. The first-order valence-electron chi connectivity index (χ1n) is 6.89. The Hall–Kier alpha value is -1.65. The predicted molar refractivity (Wildman–Crippen MR) is 83.4 cm³/mol. The van der Waals surface area contributed by atoms with Crippen molar-refractivity contribution in [3.8, 4) is 11.5 Å². The van der Waals surface area contributed by atoms with Crippen LogP contribution in [0.2, 0.25) is 5.22 Å². The second-order valence-corrected chi connectivity index (χ2v) is 4.99. The van der Waals surface area contributed by atoms with Crippen LogP contribution < -0.4 is 14.8 Å². The van der Waals surface area contributed by atoms with Gasteiger partial charge in [-0.1, -0.05) is 6.92 Å². The maximum absolute atomic E-state index is 6.15. The molecule has 0 bridgehead atoms. The molecule has 21 heavy (non-hydrogen) atoms. The van der Waals surface area contributed by atoms with Crippen molar-refractivity contribution in [2.75, 3.05) is 20.8 Å². The van der Waals surface area contributed by atoms with Gasteiger partial charge in [-0.15, -0.1) is 0 Å². The number of ether oxygens (including phenoxy) is 2. The fourth-order valence-electron chi connectivity index (χ4n) is 2.25. The van der Waals surface area contributed by atoms with Gasteiger partial charge in [-0.3, -0.25) is 0 Å². The molecule has 0 saturated heterocycles. The van der Waals surface area contributed by atoms with Gasteiger partial charge in [-0.05, 0) is 48.8 Å². The van der Waals surface area contributed by atoms with Crippen molar-refractivity contribution in [1.82, 2.24) is 5.32 Å². The van der Waals surface area contributed by atoms with E-state index < -0.39 is 0 Å². The Bertz CT molecular complexity index is 583. The van der Waals surface area contributed by atoms with E-state index >= 15 is 0 Å². The van der Waals surface area contributed by atoms with Gasteiger partial charge in [-0.25, -0.2) is 0 Å². The molecule has 0 aliphatic rings. The molecule has 1 unspecified atom stereocenters. The Labute approximate surface area is 130 Å². The molecule has 0 fully saturated rings. The van der Waals surface area contributed by atoms with E-state index in [4.69, 9.17) is 25.5 Å². The van der Waals surface area contributed by atoms with Crippen LogP contribution in [-0.2, 0) is 0 Å². The van der Waals surface area contributed by atoms with Crippen molar-refractivity contribution in [3.05, 3.63) is 46.9 Å². The van der Waals surface area contributed by atoms with Crippen LogP contribution in [0.25, 0.3) is 0 Å². The van der Waals surface area contributed by atoms with Crippen LogP contribution in [0.5, 0.6) is 11.5 Å². The van der Waals surface area contributed by atoms with Gasteiger partial charge in [0.2, 0.25) is 0 Å². The van der Waals surface area contributed by atoms with Gasteiger partial charge in [0.25, 0.3) is 0 Å². The SMILES string of the molecule is CCCNC(c1cc(OC)ccc1OC)c1ccoc1Cl. The highest BCUT2D eigenvalue weighted by molar-refractivity contribution is 6.29. The number of furan rings is 1. The van der Waals surface area contributed by atoms with Gasteiger partial charge in [0.1, 0.15) is 11.5 Å². The van der Waals surface area contributed by atoms with Gasteiger partial charge in [0.05, 0.1) is 26.5 Å². The Morgan fingerprint density at radius 3 is 2.57 bits per heavy atom. The molecule has 0 aliphatic heterocycles. The Morgan fingerprint density at radius 2 is 2.00 bits per heavy atom. The summed E-state index contributed by atoms with van der Waals surface area (Å²) in [5.41, 5.74) is 1.85. The molecule has 0 aliphatic carbocycles. The summed E-state index contributed by atoms with van der Waals surface area (Å²) in [7, 11) is 3.30. The summed E-state index contributed by atoms with van der Waals surface area (Å²) >= 11 is 6.15. The highest BCUT2D eigenvalue weighted by Crippen LogP contribution is 2.36. The van der Waals surface area contributed by atoms with E-state index in [1.54, 1.807) is 20.5 Å². The minimum absolute atomic E-state index is 0.110. The molecule has 1 aromatic heterocycles. The topological polar surface area (TPSA) is 43.6 Å². The maximum Gasteiger partial charge on any atom is 0.198 e. The summed E-state index contributed by atoms with van der Waals surface area (Å²) in [5, 5.41) is 3.86. The summed E-state index contributed by atoms with van der Waals surface area (Å²) in [5.74, 6) is 1.55. The number of halogens is 1. The van der Waals surface area contributed by atoms with Gasteiger partial charge >= 0.3 is 0 Å². The van der Waals surface area contributed by atoms with E-state index in [1.807, 2.05) is 24.3 Å². The number of methoxy groups -OCH3 is 2. The minimum atomic E-state index is -0.110. The molecule has 5 heteroatoms. The molecule has 1 N–H and O–H groups in total. The van der Waals surface area contributed by atoms with Crippen LogP contribution in [0, 0.1) is 0 Å². The molecule has 1 aromatic carbocycles. The Morgan fingerprint density at radius 1 is 1.19 bits per heavy atom. The standard InChI is InChI=1S/C16H20ClNO3/c1-4-8-18-15(12-7-9-21-16(12)17)13-10-11(19-2)5-6-14(13)20-3/h5-7,9-10,15,18H,4,8H2,1-3H3. The van der Waals surface area contributed by atoms with Crippen LogP contribution in [0.1, 0.15) is 30.5 Å². The van der Waals surface area contributed by atoms with Crippen LogP contribution in [-0.4, -0.2) is 20.8 Å². The average Bonchev–Trinajstić information content (AvgIpc) is 2.93. The quantitative estimate of drug-likeness (QED) is 0.838. The Kier molecular flexibility index (Phi) is 5.53. The number of rotatable bonds is 7. The van der Waals surface area contributed by atoms with Gasteiger partial charge in [0.15, 0.2) is 5.22 Å². The number of hydrogen-bond donors (Lipinski definition) is 1. The van der Waals surface area contributed by atoms with Gasteiger partial charge in [0, 0.05) is 11.1 Å². The molecule has 0 saturated carbocycles. The first-order valence-corrected chi connectivity index (χ1v) is 7.27. The third-order valence-electron chi connectivity index (χ3n) is 3.30. The molecule has 2 aromatic rings. The van der Waals surface area contributed by atoms with E-state index in [2.05, 4.69) is 12.2 Å². The second kappa shape index (κ2) is 7.38. The summed E-state index contributed by atoms with van der Waals surface area (Å²) in [6.45, 7) is 2.97. The smallest absolute Gasteiger partial charge is 0.198 e. The zero-order valence-electron chi connectivity index (χ0n) is 12.5. The molecule has 2 rings (SSSR count). The van der Waals surface area contributed by atoms with Crippen molar-refractivity contribution >= 4 is 11.6 Å².